The van der Waals surface area contributed by atoms with Crippen LogP contribution in [0.1, 0.15) is 6.42 Å². The van der Waals surface area contributed by atoms with E-state index in [2.05, 4.69) is 14.1 Å². The lowest BCUT2D eigenvalue weighted by atomic mass is 9.77. The lowest BCUT2D eigenvalue weighted by Crippen LogP contribution is -3.05. The van der Waals surface area contributed by atoms with Gasteiger partial charge in [-0.1, -0.05) is 12.2 Å². The zero-order valence-corrected chi connectivity index (χ0v) is 11.8. The molecule has 2 fully saturated rings. The van der Waals surface area contributed by atoms with Gasteiger partial charge in [0.2, 0.25) is 5.91 Å². The van der Waals surface area contributed by atoms with Gasteiger partial charge in [0, 0.05) is 24.9 Å². The quantitative estimate of drug-likeness (QED) is 0.547. The SMILES string of the molecule is C[NH+](C)CCCN1C[C@@]23C=C[C@H](O2)[C@H](C(=O)[O-])[C@@H]3C1=O. The lowest BCUT2D eigenvalue weighted by Gasteiger charge is -2.24. The highest BCUT2D eigenvalue weighted by atomic mass is 16.5. The summed E-state index contributed by atoms with van der Waals surface area (Å²) in [6.07, 6.45) is 4.04. The molecular weight excluding hydrogens is 260 g/mol. The Morgan fingerprint density at radius 1 is 1.60 bits per heavy atom. The summed E-state index contributed by atoms with van der Waals surface area (Å²) in [5, 5.41) is 11.3. The average Bonchev–Trinajstić information content (AvgIpc) is 2.98. The molecular formula is C14H20N2O4. The Morgan fingerprint density at radius 3 is 3.00 bits per heavy atom. The van der Waals surface area contributed by atoms with Crippen molar-refractivity contribution < 1.29 is 24.3 Å². The second-order valence-electron chi connectivity index (χ2n) is 6.29. The van der Waals surface area contributed by atoms with Crippen molar-refractivity contribution in [3.05, 3.63) is 12.2 Å². The fourth-order valence-electron chi connectivity index (χ4n) is 3.66. The number of carboxylic acids is 1. The molecule has 6 heteroatoms. The third kappa shape index (κ3) is 1.86. The van der Waals surface area contributed by atoms with E-state index in [1.807, 2.05) is 6.08 Å². The van der Waals surface area contributed by atoms with Gasteiger partial charge in [0.25, 0.3) is 0 Å². The third-order valence-electron chi connectivity index (χ3n) is 4.56. The summed E-state index contributed by atoms with van der Waals surface area (Å²) in [6, 6.07) is 0. The summed E-state index contributed by atoms with van der Waals surface area (Å²) in [5.74, 6) is -2.72. The van der Waals surface area contributed by atoms with Gasteiger partial charge in [-0.3, -0.25) is 4.79 Å². The van der Waals surface area contributed by atoms with Crippen LogP contribution >= 0.6 is 0 Å². The summed E-state index contributed by atoms with van der Waals surface area (Å²) in [7, 11) is 4.14. The monoisotopic (exact) mass is 280 g/mol. The number of likely N-dealkylation sites (tertiary alicyclic amines) is 1. The number of carboxylic acid groups (broad SMARTS) is 1. The van der Waals surface area contributed by atoms with Crippen molar-refractivity contribution in [2.45, 2.75) is 18.1 Å². The molecule has 0 aliphatic carbocycles. The van der Waals surface area contributed by atoms with Crippen LogP contribution in [0, 0.1) is 11.8 Å². The van der Waals surface area contributed by atoms with Crippen LogP contribution in [0.3, 0.4) is 0 Å². The first-order chi connectivity index (χ1) is 9.44. The second kappa shape index (κ2) is 4.56. The molecule has 1 N–H and O–H groups in total. The number of nitrogens with one attached hydrogen (secondary N) is 1. The molecule has 0 saturated carbocycles. The van der Waals surface area contributed by atoms with Crippen molar-refractivity contribution in [1.82, 2.24) is 4.90 Å². The second-order valence-corrected chi connectivity index (χ2v) is 6.29. The van der Waals surface area contributed by atoms with Crippen LogP contribution in [-0.2, 0) is 14.3 Å². The van der Waals surface area contributed by atoms with Gasteiger partial charge in [-0.25, -0.2) is 0 Å². The van der Waals surface area contributed by atoms with E-state index in [1.54, 1.807) is 11.0 Å². The van der Waals surface area contributed by atoms with E-state index in [0.717, 1.165) is 13.0 Å². The van der Waals surface area contributed by atoms with Gasteiger partial charge in [-0.2, -0.15) is 0 Å². The summed E-state index contributed by atoms with van der Waals surface area (Å²) in [5.41, 5.74) is -0.725. The number of nitrogens with zero attached hydrogens (tertiary/aromatic N) is 1. The Bertz CT molecular complexity index is 476. The predicted molar refractivity (Wildman–Crippen MR) is 67.6 cm³/mol. The maximum atomic E-state index is 12.5. The Hall–Kier alpha value is -1.40. The number of rotatable bonds is 5. The topological polar surface area (TPSA) is 74.1 Å². The molecule has 3 heterocycles. The van der Waals surface area contributed by atoms with Gasteiger partial charge in [0.05, 0.1) is 39.2 Å². The maximum Gasteiger partial charge on any atom is 0.229 e. The third-order valence-corrected chi connectivity index (χ3v) is 4.56. The summed E-state index contributed by atoms with van der Waals surface area (Å²) < 4.78 is 5.79. The van der Waals surface area contributed by atoms with E-state index >= 15 is 0 Å². The van der Waals surface area contributed by atoms with Crippen LogP contribution in [0.2, 0.25) is 0 Å². The molecule has 2 saturated heterocycles. The molecule has 110 valence electrons. The first-order valence-corrected chi connectivity index (χ1v) is 7.10. The number of hydrogen-bond donors (Lipinski definition) is 1. The molecule has 2 bridgehead atoms. The maximum absolute atomic E-state index is 12.5. The fourth-order valence-corrected chi connectivity index (χ4v) is 3.66. The number of hydrogen-bond acceptors (Lipinski definition) is 4. The molecule has 1 amide bonds. The van der Waals surface area contributed by atoms with Crippen molar-refractivity contribution in [1.29, 1.82) is 0 Å². The van der Waals surface area contributed by atoms with Gasteiger partial charge in [-0.15, -0.1) is 0 Å². The molecule has 20 heavy (non-hydrogen) atoms. The largest absolute Gasteiger partial charge is 0.550 e. The van der Waals surface area contributed by atoms with Crippen LogP contribution < -0.4 is 10.0 Å². The lowest BCUT2D eigenvalue weighted by molar-refractivity contribution is -0.858. The molecule has 3 aliphatic rings. The fraction of sp³-hybridized carbons (Fsp3) is 0.714. The summed E-state index contributed by atoms with van der Waals surface area (Å²) >= 11 is 0. The normalized spacial score (nSPS) is 38.0. The Morgan fingerprint density at radius 2 is 2.35 bits per heavy atom. The first-order valence-electron chi connectivity index (χ1n) is 7.10. The van der Waals surface area contributed by atoms with Crippen molar-refractivity contribution >= 4 is 11.9 Å². The van der Waals surface area contributed by atoms with Crippen LogP contribution in [0.5, 0.6) is 0 Å². The van der Waals surface area contributed by atoms with Crippen molar-refractivity contribution in [2.75, 3.05) is 33.7 Å². The predicted octanol–water partition coefficient (Wildman–Crippen LogP) is -2.95. The highest BCUT2D eigenvalue weighted by molar-refractivity contribution is 5.90. The smallest absolute Gasteiger partial charge is 0.229 e. The Balaban J connectivity index is 1.74. The standard InChI is InChI=1S/C14H20N2O4/c1-15(2)6-3-7-16-8-14-5-4-9(20-14)10(13(18)19)11(14)12(16)17/h4-5,9-11H,3,6-8H2,1-2H3,(H,18,19)/t9-,10-,11+,14+/m0/s1. The number of fused-ring (bicyclic) bond motifs is 1. The number of amides is 1. The zero-order chi connectivity index (χ0) is 14.5. The van der Waals surface area contributed by atoms with Gasteiger partial charge in [0.1, 0.15) is 5.60 Å². The molecule has 0 aromatic rings. The number of aliphatic carboxylic acids is 1. The van der Waals surface area contributed by atoms with Gasteiger partial charge in [0.15, 0.2) is 0 Å². The molecule has 1 spiro atoms. The Labute approximate surface area is 118 Å². The number of carbonyl (C=O) groups is 2. The van der Waals surface area contributed by atoms with Gasteiger partial charge in [-0.05, 0) is 0 Å². The molecule has 6 nitrogen and oxygen atoms in total. The average molecular weight is 280 g/mol. The van der Waals surface area contributed by atoms with E-state index in [4.69, 9.17) is 4.74 Å². The molecule has 3 aliphatic heterocycles. The van der Waals surface area contributed by atoms with Crippen LogP contribution in [0.4, 0.5) is 0 Å². The number of quaternary nitrogens is 1. The molecule has 0 unspecified atom stereocenters. The molecule has 0 radical (unpaired) electrons. The van der Waals surface area contributed by atoms with Crippen LogP contribution in [-0.4, -0.2) is 62.2 Å². The minimum atomic E-state index is -1.18. The van der Waals surface area contributed by atoms with E-state index < -0.39 is 29.5 Å². The van der Waals surface area contributed by atoms with Crippen LogP contribution in [0.25, 0.3) is 0 Å². The number of carbonyl (C=O) groups excluding carboxylic acids is 2. The summed E-state index contributed by atoms with van der Waals surface area (Å²) in [4.78, 5) is 26.8. The van der Waals surface area contributed by atoms with Crippen LogP contribution in [0.15, 0.2) is 12.2 Å². The van der Waals surface area contributed by atoms with Crippen molar-refractivity contribution in [2.24, 2.45) is 11.8 Å². The molecule has 0 aromatic heterocycles. The van der Waals surface area contributed by atoms with E-state index in [-0.39, 0.29) is 5.91 Å². The minimum absolute atomic E-state index is 0.0974. The van der Waals surface area contributed by atoms with E-state index in [0.29, 0.717) is 13.1 Å². The van der Waals surface area contributed by atoms with E-state index in [9.17, 15) is 14.7 Å². The minimum Gasteiger partial charge on any atom is -0.550 e. The molecule has 4 atom stereocenters. The summed E-state index contributed by atoms with van der Waals surface area (Å²) in [6.45, 7) is 2.10. The highest BCUT2D eigenvalue weighted by Gasteiger charge is 2.65. The molecule has 0 aromatic carbocycles. The first kappa shape index (κ1) is 13.6. The zero-order valence-electron chi connectivity index (χ0n) is 11.8. The van der Waals surface area contributed by atoms with Gasteiger partial charge >= 0.3 is 0 Å². The molecule has 3 rings (SSSR count). The highest BCUT2D eigenvalue weighted by Crippen LogP contribution is 2.51. The van der Waals surface area contributed by atoms with Crippen molar-refractivity contribution in [3.63, 3.8) is 0 Å². The van der Waals surface area contributed by atoms with Crippen molar-refractivity contribution in [3.8, 4) is 0 Å². The number of ether oxygens (including phenoxy) is 1. The van der Waals surface area contributed by atoms with E-state index in [1.165, 1.54) is 4.90 Å². The Kier molecular flexibility index (Phi) is 3.10. The van der Waals surface area contributed by atoms with Gasteiger partial charge < -0.3 is 24.4 Å².